The molecule has 1 unspecified atom stereocenters. The lowest BCUT2D eigenvalue weighted by Gasteiger charge is -2.29. The topological polar surface area (TPSA) is 38.8 Å². The summed E-state index contributed by atoms with van der Waals surface area (Å²) >= 11 is 5.95. The second-order valence-electron chi connectivity index (χ2n) is 4.62. The quantitative estimate of drug-likeness (QED) is 0.454. The van der Waals surface area contributed by atoms with Crippen molar-refractivity contribution in [1.29, 1.82) is 0 Å². The molecule has 0 bridgehead atoms. The first-order valence-electron chi connectivity index (χ1n) is 7.06. The van der Waals surface area contributed by atoms with E-state index in [0.29, 0.717) is 11.6 Å². The molecule has 0 aliphatic heterocycles. The molecule has 0 spiro atoms. The van der Waals surface area contributed by atoms with Gasteiger partial charge >= 0.3 is 6.16 Å². The number of benzene rings is 2. The smallest absolute Gasteiger partial charge is 0.410 e. The SMILES string of the molecule is CCN(c1ccccc1)C(C)OC(=O)Oc1ccccc1Cl. The highest BCUT2D eigenvalue weighted by Crippen LogP contribution is 2.24. The predicted molar refractivity (Wildman–Crippen MR) is 87.5 cm³/mol. The lowest BCUT2D eigenvalue weighted by molar-refractivity contribution is 0.0646. The van der Waals surface area contributed by atoms with Gasteiger partial charge in [0.1, 0.15) is 0 Å². The Kier molecular flexibility index (Phi) is 5.67. The van der Waals surface area contributed by atoms with Gasteiger partial charge in [0.25, 0.3) is 0 Å². The average molecular weight is 320 g/mol. The van der Waals surface area contributed by atoms with E-state index in [1.165, 1.54) is 0 Å². The molecule has 0 N–H and O–H groups in total. The van der Waals surface area contributed by atoms with Crippen LogP contribution >= 0.6 is 11.6 Å². The maximum atomic E-state index is 11.9. The van der Waals surface area contributed by atoms with Crippen molar-refractivity contribution in [3.05, 3.63) is 59.6 Å². The molecule has 0 heterocycles. The Bertz CT molecular complexity index is 618. The minimum absolute atomic E-state index is 0.282. The Morgan fingerprint density at radius 2 is 1.77 bits per heavy atom. The number of ether oxygens (including phenoxy) is 2. The molecule has 0 saturated carbocycles. The van der Waals surface area contributed by atoms with Crippen molar-refractivity contribution in [3.63, 3.8) is 0 Å². The predicted octanol–water partition coefficient (Wildman–Crippen LogP) is 4.73. The van der Waals surface area contributed by atoms with Gasteiger partial charge in [-0.2, -0.15) is 0 Å². The van der Waals surface area contributed by atoms with Crippen LogP contribution in [0.15, 0.2) is 54.6 Å². The van der Waals surface area contributed by atoms with Crippen molar-refractivity contribution in [2.24, 2.45) is 0 Å². The van der Waals surface area contributed by atoms with Gasteiger partial charge in [0.2, 0.25) is 0 Å². The second-order valence-corrected chi connectivity index (χ2v) is 5.03. The van der Waals surface area contributed by atoms with Gasteiger partial charge in [-0.15, -0.1) is 0 Å². The Morgan fingerprint density at radius 1 is 1.14 bits per heavy atom. The molecule has 0 radical (unpaired) electrons. The maximum Gasteiger partial charge on any atom is 0.515 e. The van der Waals surface area contributed by atoms with Gasteiger partial charge in [-0.25, -0.2) is 4.79 Å². The molecular weight excluding hydrogens is 302 g/mol. The van der Waals surface area contributed by atoms with E-state index < -0.39 is 12.4 Å². The fourth-order valence-corrected chi connectivity index (χ4v) is 2.29. The molecule has 2 rings (SSSR count). The first-order valence-corrected chi connectivity index (χ1v) is 7.44. The number of carbonyl (C=O) groups excluding carboxylic acids is 1. The standard InChI is InChI=1S/C17H18ClNO3/c1-3-19(14-9-5-4-6-10-14)13(2)21-17(20)22-16-12-8-7-11-15(16)18/h4-13H,3H2,1-2H3. The number of para-hydroxylation sites is 2. The van der Waals surface area contributed by atoms with E-state index in [4.69, 9.17) is 21.1 Å². The third-order valence-corrected chi connectivity index (χ3v) is 3.48. The molecular formula is C17H18ClNO3. The summed E-state index contributed by atoms with van der Waals surface area (Å²) in [5.41, 5.74) is 0.975. The third-order valence-electron chi connectivity index (χ3n) is 3.16. The van der Waals surface area contributed by atoms with Crippen molar-refractivity contribution < 1.29 is 14.3 Å². The number of rotatable bonds is 5. The molecule has 2 aromatic rings. The molecule has 4 nitrogen and oxygen atoms in total. The van der Waals surface area contributed by atoms with E-state index in [-0.39, 0.29) is 5.75 Å². The molecule has 22 heavy (non-hydrogen) atoms. The van der Waals surface area contributed by atoms with Gasteiger partial charge in [-0.3, -0.25) is 0 Å². The van der Waals surface area contributed by atoms with Gasteiger partial charge < -0.3 is 14.4 Å². The maximum absolute atomic E-state index is 11.9. The van der Waals surface area contributed by atoms with Crippen LogP contribution in [0.25, 0.3) is 0 Å². The van der Waals surface area contributed by atoms with Crippen LogP contribution in [0.2, 0.25) is 5.02 Å². The van der Waals surface area contributed by atoms with Gasteiger partial charge in [0.05, 0.1) is 5.02 Å². The summed E-state index contributed by atoms with van der Waals surface area (Å²) in [6.07, 6.45) is -1.24. The van der Waals surface area contributed by atoms with E-state index in [1.54, 1.807) is 31.2 Å². The second kappa shape index (κ2) is 7.71. The van der Waals surface area contributed by atoms with Gasteiger partial charge in [-0.1, -0.05) is 41.9 Å². The number of hydrogen-bond acceptors (Lipinski definition) is 4. The van der Waals surface area contributed by atoms with Crippen LogP contribution in [-0.4, -0.2) is 18.9 Å². The fourth-order valence-electron chi connectivity index (χ4n) is 2.11. The lowest BCUT2D eigenvalue weighted by Crippen LogP contribution is -2.37. The van der Waals surface area contributed by atoms with E-state index >= 15 is 0 Å². The molecule has 0 fully saturated rings. The first kappa shape index (κ1) is 16.2. The highest BCUT2D eigenvalue weighted by atomic mass is 35.5. The minimum atomic E-state index is -0.782. The van der Waals surface area contributed by atoms with Crippen LogP contribution < -0.4 is 9.64 Å². The van der Waals surface area contributed by atoms with Gasteiger partial charge in [0.15, 0.2) is 12.0 Å². The van der Waals surface area contributed by atoms with Crippen LogP contribution in [0.1, 0.15) is 13.8 Å². The van der Waals surface area contributed by atoms with E-state index in [9.17, 15) is 4.79 Å². The van der Waals surface area contributed by atoms with Gasteiger partial charge in [0, 0.05) is 12.2 Å². The summed E-state index contributed by atoms with van der Waals surface area (Å²) in [4.78, 5) is 13.8. The van der Waals surface area contributed by atoms with Crippen molar-refractivity contribution in [1.82, 2.24) is 0 Å². The zero-order valence-corrected chi connectivity index (χ0v) is 13.3. The highest BCUT2D eigenvalue weighted by molar-refractivity contribution is 6.32. The van der Waals surface area contributed by atoms with Crippen LogP contribution in [0.5, 0.6) is 5.75 Å². The Labute approximate surface area is 135 Å². The molecule has 2 aromatic carbocycles. The number of halogens is 1. The molecule has 116 valence electrons. The Balaban J connectivity index is 2.00. The monoisotopic (exact) mass is 319 g/mol. The van der Waals surface area contributed by atoms with Crippen LogP contribution in [0.3, 0.4) is 0 Å². The number of anilines is 1. The summed E-state index contributed by atoms with van der Waals surface area (Å²) in [5.74, 6) is 0.282. The molecule has 0 aliphatic rings. The van der Waals surface area contributed by atoms with Crippen LogP contribution in [0.4, 0.5) is 10.5 Å². The average Bonchev–Trinajstić information content (AvgIpc) is 2.51. The first-order chi connectivity index (χ1) is 10.6. The molecule has 0 aromatic heterocycles. The normalized spacial score (nSPS) is 11.6. The zero-order chi connectivity index (χ0) is 15.9. The Morgan fingerprint density at radius 3 is 2.41 bits per heavy atom. The van der Waals surface area contributed by atoms with E-state index in [2.05, 4.69) is 0 Å². The summed E-state index contributed by atoms with van der Waals surface area (Å²) in [6, 6.07) is 16.5. The molecule has 0 aliphatic carbocycles. The third kappa shape index (κ3) is 4.15. The van der Waals surface area contributed by atoms with Gasteiger partial charge in [-0.05, 0) is 38.1 Å². The summed E-state index contributed by atoms with van der Waals surface area (Å²) < 4.78 is 10.4. The van der Waals surface area contributed by atoms with Crippen molar-refractivity contribution >= 4 is 23.4 Å². The van der Waals surface area contributed by atoms with Crippen molar-refractivity contribution in [3.8, 4) is 5.75 Å². The lowest BCUT2D eigenvalue weighted by atomic mass is 10.3. The molecule has 0 amide bonds. The Hall–Kier alpha value is -2.20. The number of hydrogen-bond donors (Lipinski definition) is 0. The largest absolute Gasteiger partial charge is 0.515 e. The summed E-state index contributed by atoms with van der Waals surface area (Å²) in [5, 5.41) is 0.363. The van der Waals surface area contributed by atoms with Crippen LogP contribution in [-0.2, 0) is 4.74 Å². The minimum Gasteiger partial charge on any atom is -0.410 e. The van der Waals surface area contributed by atoms with E-state index in [0.717, 1.165) is 5.69 Å². The highest BCUT2D eigenvalue weighted by Gasteiger charge is 2.19. The summed E-state index contributed by atoms with van der Waals surface area (Å²) in [6.45, 7) is 4.49. The number of nitrogens with zero attached hydrogens (tertiary/aromatic N) is 1. The number of carbonyl (C=O) groups is 1. The van der Waals surface area contributed by atoms with Crippen molar-refractivity contribution in [2.45, 2.75) is 20.1 Å². The zero-order valence-electron chi connectivity index (χ0n) is 12.5. The molecule has 1 atom stereocenters. The van der Waals surface area contributed by atoms with E-state index in [1.807, 2.05) is 42.2 Å². The fraction of sp³-hybridized carbons (Fsp3) is 0.235. The summed E-state index contributed by atoms with van der Waals surface area (Å²) in [7, 11) is 0. The molecule has 0 saturated heterocycles. The van der Waals surface area contributed by atoms with Crippen molar-refractivity contribution in [2.75, 3.05) is 11.4 Å². The molecule has 5 heteroatoms. The van der Waals surface area contributed by atoms with Crippen LogP contribution in [0, 0.1) is 0 Å².